The van der Waals surface area contributed by atoms with Crippen LogP contribution in [-0.2, 0) is 0 Å². The van der Waals surface area contributed by atoms with E-state index in [-0.39, 0.29) is 17.7 Å². The Hall–Kier alpha value is -2.76. The molecule has 0 bridgehead atoms. The molecule has 0 spiro atoms. The molecule has 0 aliphatic rings. The highest BCUT2D eigenvalue weighted by Gasteiger charge is 2.21. The number of aromatic amines is 1. The summed E-state index contributed by atoms with van der Waals surface area (Å²) in [6.45, 7) is 6.95. The molecule has 2 rings (SSSR count). The molecule has 1 heterocycles. The number of ether oxygens (including phenoxy) is 2. The van der Waals surface area contributed by atoms with Gasteiger partial charge in [-0.1, -0.05) is 6.07 Å². The summed E-state index contributed by atoms with van der Waals surface area (Å²) in [7, 11) is 3.14. The Kier molecular flexibility index (Phi) is 5.51. The van der Waals surface area contributed by atoms with E-state index in [1.807, 2.05) is 19.1 Å². The number of aryl methyl sites for hydroxylation is 1. The first-order chi connectivity index (χ1) is 11.8. The van der Waals surface area contributed by atoms with E-state index in [0.717, 1.165) is 5.56 Å². The number of carbonyl (C=O) groups is 2. The Morgan fingerprint density at radius 3 is 2.28 bits per heavy atom. The van der Waals surface area contributed by atoms with Gasteiger partial charge < -0.3 is 19.8 Å². The second-order valence-electron chi connectivity index (χ2n) is 5.99. The van der Waals surface area contributed by atoms with E-state index in [4.69, 9.17) is 9.47 Å². The molecule has 6 heteroatoms. The number of hydrogen-bond acceptors (Lipinski definition) is 4. The number of carbonyl (C=O) groups excluding carboxylic acids is 2. The molecule has 25 heavy (non-hydrogen) atoms. The summed E-state index contributed by atoms with van der Waals surface area (Å²) >= 11 is 0. The molecule has 0 aliphatic carbocycles. The third-order valence-electron chi connectivity index (χ3n) is 4.27. The molecular weight excluding hydrogens is 320 g/mol. The van der Waals surface area contributed by atoms with Crippen LogP contribution in [0, 0.1) is 13.8 Å². The average Bonchev–Trinajstić information content (AvgIpc) is 2.88. The van der Waals surface area contributed by atoms with Crippen molar-refractivity contribution in [3.63, 3.8) is 0 Å². The van der Waals surface area contributed by atoms with Gasteiger partial charge in [-0.05, 0) is 51.0 Å². The Morgan fingerprint density at radius 2 is 1.76 bits per heavy atom. The van der Waals surface area contributed by atoms with E-state index in [9.17, 15) is 9.59 Å². The summed E-state index contributed by atoms with van der Waals surface area (Å²) in [4.78, 5) is 27.3. The van der Waals surface area contributed by atoms with Gasteiger partial charge in [-0.2, -0.15) is 0 Å². The highest BCUT2D eigenvalue weighted by Crippen LogP contribution is 2.30. The van der Waals surface area contributed by atoms with Gasteiger partial charge in [0.05, 0.1) is 20.3 Å². The molecule has 0 saturated heterocycles. The molecule has 2 N–H and O–H groups in total. The molecule has 1 amide bonds. The van der Waals surface area contributed by atoms with Crippen LogP contribution in [0.25, 0.3) is 0 Å². The molecule has 1 atom stereocenters. The van der Waals surface area contributed by atoms with E-state index < -0.39 is 0 Å². The fraction of sp³-hybridized carbons (Fsp3) is 0.368. The third-order valence-corrected chi connectivity index (χ3v) is 4.27. The minimum atomic E-state index is -0.254. The van der Waals surface area contributed by atoms with Gasteiger partial charge >= 0.3 is 0 Å². The predicted molar refractivity (Wildman–Crippen MR) is 95.7 cm³/mol. The molecule has 1 aromatic carbocycles. The van der Waals surface area contributed by atoms with Gasteiger partial charge in [0.15, 0.2) is 17.3 Å². The van der Waals surface area contributed by atoms with Crippen LogP contribution in [0.4, 0.5) is 0 Å². The normalized spacial score (nSPS) is 11.8. The van der Waals surface area contributed by atoms with Gasteiger partial charge in [-0.15, -0.1) is 0 Å². The van der Waals surface area contributed by atoms with Gasteiger partial charge in [0, 0.05) is 11.3 Å². The van der Waals surface area contributed by atoms with Crippen molar-refractivity contribution in [2.75, 3.05) is 14.2 Å². The number of Topliss-reactive ketones (excluding diaryl/α,β-unsaturated/α-hetero) is 1. The number of amides is 1. The van der Waals surface area contributed by atoms with Crippen LogP contribution in [0.1, 0.15) is 57.6 Å². The minimum absolute atomic E-state index is 0.0572. The summed E-state index contributed by atoms with van der Waals surface area (Å²) in [5.41, 5.74) is 3.24. The van der Waals surface area contributed by atoms with Crippen LogP contribution in [0.5, 0.6) is 11.5 Å². The predicted octanol–water partition coefficient (Wildman–Crippen LogP) is 3.34. The second kappa shape index (κ2) is 7.42. The van der Waals surface area contributed by atoms with E-state index in [0.29, 0.717) is 34.0 Å². The van der Waals surface area contributed by atoms with Crippen LogP contribution in [0.2, 0.25) is 0 Å². The summed E-state index contributed by atoms with van der Waals surface area (Å²) in [5, 5.41) is 2.94. The van der Waals surface area contributed by atoms with E-state index in [1.165, 1.54) is 6.92 Å². The highest BCUT2D eigenvalue weighted by atomic mass is 16.5. The zero-order chi connectivity index (χ0) is 18.7. The van der Waals surface area contributed by atoms with Crippen LogP contribution in [0.3, 0.4) is 0 Å². The quantitative estimate of drug-likeness (QED) is 0.788. The van der Waals surface area contributed by atoms with Crippen molar-refractivity contribution in [2.45, 2.75) is 33.7 Å². The number of H-pyrrole nitrogens is 1. The van der Waals surface area contributed by atoms with Crippen molar-refractivity contribution >= 4 is 11.7 Å². The lowest BCUT2D eigenvalue weighted by atomic mass is 10.1. The maximum Gasteiger partial charge on any atom is 0.268 e. The average molecular weight is 344 g/mol. The topological polar surface area (TPSA) is 80.4 Å². The Bertz CT molecular complexity index is 808. The van der Waals surface area contributed by atoms with Crippen LogP contribution in [-0.4, -0.2) is 30.9 Å². The largest absolute Gasteiger partial charge is 0.493 e. The van der Waals surface area contributed by atoms with Crippen molar-refractivity contribution in [1.82, 2.24) is 10.3 Å². The van der Waals surface area contributed by atoms with Crippen molar-refractivity contribution in [2.24, 2.45) is 0 Å². The van der Waals surface area contributed by atoms with Crippen molar-refractivity contribution in [3.8, 4) is 11.5 Å². The first-order valence-corrected chi connectivity index (χ1v) is 8.03. The van der Waals surface area contributed by atoms with Gasteiger partial charge in [-0.3, -0.25) is 9.59 Å². The zero-order valence-electron chi connectivity index (χ0n) is 15.4. The second-order valence-corrected chi connectivity index (χ2v) is 5.99. The molecule has 1 unspecified atom stereocenters. The maximum atomic E-state index is 12.6. The molecule has 0 saturated carbocycles. The first kappa shape index (κ1) is 18.6. The number of rotatable bonds is 6. The molecule has 0 fully saturated rings. The number of benzene rings is 1. The monoisotopic (exact) mass is 344 g/mol. The van der Waals surface area contributed by atoms with E-state index in [1.54, 1.807) is 34.1 Å². The first-order valence-electron chi connectivity index (χ1n) is 8.03. The van der Waals surface area contributed by atoms with E-state index >= 15 is 0 Å². The maximum absolute atomic E-state index is 12.6. The van der Waals surface area contributed by atoms with Crippen molar-refractivity contribution in [3.05, 3.63) is 46.3 Å². The number of hydrogen-bond donors (Lipinski definition) is 2. The van der Waals surface area contributed by atoms with E-state index in [2.05, 4.69) is 10.3 Å². The summed E-state index contributed by atoms with van der Waals surface area (Å²) < 4.78 is 10.5. The molecular formula is C19H24N2O4. The molecule has 0 aliphatic heterocycles. The Morgan fingerprint density at radius 1 is 1.12 bits per heavy atom. The standard InChI is InChI=1S/C19H24N2O4/c1-10-17(13(4)22)12(3)20-18(10)19(23)21-11(2)14-7-8-15(24-5)16(9-14)25-6/h7-9,11,20H,1-6H3,(H,21,23). The van der Waals surface area contributed by atoms with Crippen LogP contribution < -0.4 is 14.8 Å². The fourth-order valence-corrected chi connectivity index (χ4v) is 2.98. The lowest BCUT2D eigenvalue weighted by Gasteiger charge is -2.16. The zero-order valence-corrected chi connectivity index (χ0v) is 15.4. The molecule has 2 aromatic rings. The lowest BCUT2D eigenvalue weighted by molar-refractivity contribution is 0.0934. The Labute approximate surface area is 147 Å². The molecule has 134 valence electrons. The number of aromatic nitrogens is 1. The smallest absolute Gasteiger partial charge is 0.268 e. The highest BCUT2D eigenvalue weighted by molar-refractivity contribution is 6.02. The van der Waals surface area contributed by atoms with Gasteiger partial charge in [0.2, 0.25) is 0 Å². The molecule has 0 radical (unpaired) electrons. The Balaban J connectivity index is 2.24. The summed E-state index contributed by atoms with van der Waals surface area (Å²) in [5.74, 6) is 0.923. The minimum Gasteiger partial charge on any atom is -0.493 e. The number of ketones is 1. The SMILES string of the molecule is COc1ccc(C(C)NC(=O)c2[nH]c(C)c(C(C)=O)c2C)cc1OC. The lowest BCUT2D eigenvalue weighted by Crippen LogP contribution is -2.27. The van der Waals surface area contributed by atoms with Crippen LogP contribution >= 0.6 is 0 Å². The molecule has 1 aromatic heterocycles. The van der Waals surface area contributed by atoms with Gasteiger partial charge in [0.25, 0.3) is 5.91 Å². The molecule has 6 nitrogen and oxygen atoms in total. The van der Waals surface area contributed by atoms with Crippen LogP contribution in [0.15, 0.2) is 18.2 Å². The summed E-state index contributed by atoms with van der Waals surface area (Å²) in [6, 6.07) is 5.27. The summed E-state index contributed by atoms with van der Waals surface area (Å²) in [6.07, 6.45) is 0. The fourth-order valence-electron chi connectivity index (χ4n) is 2.98. The van der Waals surface area contributed by atoms with Gasteiger partial charge in [-0.25, -0.2) is 0 Å². The number of methoxy groups -OCH3 is 2. The van der Waals surface area contributed by atoms with Crippen molar-refractivity contribution < 1.29 is 19.1 Å². The number of nitrogens with one attached hydrogen (secondary N) is 2. The third kappa shape index (κ3) is 3.68. The van der Waals surface area contributed by atoms with Crippen molar-refractivity contribution in [1.29, 1.82) is 0 Å². The van der Waals surface area contributed by atoms with Gasteiger partial charge in [0.1, 0.15) is 5.69 Å².